The van der Waals surface area contributed by atoms with Gasteiger partial charge in [-0.2, -0.15) is 0 Å². The first kappa shape index (κ1) is 22.4. The van der Waals surface area contributed by atoms with E-state index in [-0.39, 0.29) is 5.91 Å². The minimum absolute atomic E-state index is 0.289. The highest BCUT2D eigenvalue weighted by Gasteiger charge is 2.24. The molecule has 1 aromatic rings. The number of hydrogen-bond acceptors (Lipinski definition) is 4. The van der Waals surface area contributed by atoms with Crippen molar-refractivity contribution >= 4 is 11.9 Å². The van der Waals surface area contributed by atoms with Crippen molar-refractivity contribution in [3.63, 3.8) is 0 Å². The van der Waals surface area contributed by atoms with Gasteiger partial charge >= 0.3 is 0 Å². The molecular weight excluding hydrogens is 378 g/mol. The number of methoxy groups -OCH3 is 1. The smallest absolute Gasteiger partial charge is 0.236 e. The van der Waals surface area contributed by atoms with E-state index < -0.39 is 0 Å². The third kappa shape index (κ3) is 6.36. The summed E-state index contributed by atoms with van der Waals surface area (Å²) in [6.07, 6.45) is 3.55. The van der Waals surface area contributed by atoms with Crippen molar-refractivity contribution in [1.82, 2.24) is 20.0 Å². The molecule has 166 valence electrons. The summed E-state index contributed by atoms with van der Waals surface area (Å²) in [5, 5.41) is 3.42. The molecular formula is C23H37N5O2. The van der Waals surface area contributed by atoms with Crippen LogP contribution >= 0.6 is 0 Å². The molecule has 2 heterocycles. The topological polar surface area (TPSA) is 60.4 Å². The number of piperazine rings is 1. The van der Waals surface area contributed by atoms with Gasteiger partial charge in [0, 0.05) is 45.8 Å². The molecule has 7 heteroatoms. The van der Waals surface area contributed by atoms with E-state index in [4.69, 9.17) is 9.73 Å². The van der Waals surface area contributed by atoms with Gasteiger partial charge in [0.05, 0.1) is 20.2 Å². The number of carbonyl (C=O) groups excluding carboxylic acids is 1. The first-order valence-corrected chi connectivity index (χ1v) is 11.3. The summed E-state index contributed by atoms with van der Waals surface area (Å²) in [6, 6.07) is 6.23. The average Bonchev–Trinajstić information content (AvgIpc) is 2.77. The van der Waals surface area contributed by atoms with E-state index in [1.807, 2.05) is 17.0 Å². The minimum atomic E-state index is 0.289. The first-order chi connectivity index (χ1) is 14.6. The Morgan fingerprint density at radius 3 is 2.43 bits per heavy atom. The molecule has 30 heavy (non-hydrogen) atoms. The fourth-order valence-corrected chi connectivity index (χ4v) is 4.18. The van der Waals surface area contributed by atoms with Gasteiger partial charge in [0.2, 0.25) is 5.91 Å². The number of aliphatic imine (C=N–C) groups is 1. The van der Waals surface area contributed by atoms with Crippen molar-refractivity contribution in [1.29, 1.82) is 0 Å². The van der Waals surface area contributed by atoms with Crippen molar-refractivity contribution in [2.45, 2.75) is 39.7 Å². The summed E-state index contributed by atoms with van der Waals surface area (Å²) in [7, 11) is 1.70. The quantitative estimate of drug-likeness (QED) is 0.570. The monoisotopic (exact) mass is 415 g/mol. The Labute approximate surface area is 181 Å². The summed E-state index contributed by atoms with van der Waals surface area (Å²) in [6.45, 7) is 11.6. The Morgan fingerprint density at radius 2 is 1.77 bits per heavy atom. The third-order valence-corrected chi connectivity index (χ3v) is 5.83. The van der Waals surface area contributed by atoms with Crippen LogP contribution in [0.2, 0.25) is 0 Å². The van der Waals surface area contributed by atoms with Gasteiger partial charge in [-0.15, -0.1) is 0 Å². The van der Waals surface area contributed by atoms with Gasteiger partial charge in [0.1, 0.15) is 5.75 Å². The molecule has 1 amide bonds. The van der Waals surface area contributed by atoms with E-state index in [1.54, 1.807) is 7.11 Å². The van der Waals surface area contributed by atoms with Crippen LogP contribution in [0.3, 0.4) is 0 Å². The molecule has 2 saturated heterocycles. The molecule has 0 atom stereocenters. The van der Waals surface area contributed by atoms with Gasteiger partial charge in [0.25, 0.3) is 0 Å². The lowest BCUT2D eigenvalue weighted by Crippen LogP contribution is -2.54. The zero-order valence-corrected chi connectivity index (χ0v) is 18.8. The van der Waals surface area contributed by atoms with E-state index in [2.05, 4.69) is 35.0 Å². The second-order valence-electron chi connectivity index (χ2n) is 8.23. The van der Waals surface area contributed by atoms with Crippen molar-refractivity contribution in [3.05, 3.63) is 29.3 Å². The average molecular weight is 416 g/mol. The highest BCUT2D eigenvalue weighted by molar-refractivity contribution is 5.80. The molecule has 0 aliphatic carbocycles. The summed E-state index contributed by atoms with van der Waals surface area (Å²) in [5.41, 5.74) is 2.32. The van der Waals surface area contributed by atoms with Crippen molar-refractivity contribution in [2.75, 3.05) is 59.5 Å². The van der Waals surface area contributed by atoms with Crippen LogP contribution in [0.15, 0.2) is 23.2 Å². The van der Waals surface area contributed by atoms with E-state index in [9.17, 15) is 4.79 Å². The maximum atomic E-state index is 12.5. The number of carbonyl (C=O) groups is 1. The normalized spacial score (nSPS) is 18.4. The van der Waals surface area contributed by atoms with Crippen LogP contribution in [0.4, 0.5) is 0 Å². The Morgan fingerprint density at radius 1 is 1.03 bits per heavy atom. The largest absolute Gasteiger partial charge is 0.497 e. The Bertz CT molecular complexity index is 722. The number of nitrogens with zero attached hydrogens (tertiary/aromatic N) is 4. The van der Waals surface area contributed by atoms with E-state index in [0.29, 0.717) is 13.1 Å². The number of rotatable bonds is 6. The van der Waals surface area contributed by atoms with Crippen LogP contribution in [-0.2, 0) is 11.3 Å². The van der Waals surface area contributed by atoms with Gasteiger partial charge in [-0.05, 0) is 56.4 Å². The minimum Gasteiger partial charge on any atom is -0.497 e. The predicted molar refractivity (Wildman–Crippen MR) is 121 cm³/mol. The lowest BCUT2D eigenvalue weighted by molar-refractivity contribution is -0.133. The molecule has 2 fully saturated rings. The Kier molecular flexibility index (Phi) is 8.37. The fourth-order valence-electron chi connectivity index (χ4n) is 4.18. The standard InChI is InChI=1S/C23H37N5O2/c1-4-24-23(25-17-20-14-19(2)15-21(16-20)30-3)28-12-10-26(11-13-28)18-22(29)27-8-6-5-7-9-27/h14-16H,4-13,17-18H2,1-3H3,(H,24,25). The van der Waals surface area contributed by atoms with Crippen LogP contribution in [0.25, 0.3) is 0 Å². The molecule has 0 aromatic heterocycles. The van der Waals surface area contributed by atoms with Gasteiger partial charge in [0.15, 0.2) is 5.96 Å². The molecule has 1 N–H and O–H groups in total. The number of likely N-dealkylation sites (tertiary alicyclic amines) is 1. The Balaban J connectivity index is 1.54. The number of piperidine rings is 1. The molecule has 0 saturated carbocycles. The maximum Gasteiger partial charge on any atom is 0.236 e. The summed E-state index contributed by atoms with van der Waals surface area (Å²) in [5.74, 6) is 2.11. The highest BCUT2D eigenvalue weighted by atomic mass is 16.5. The van der Waals surface area contributed by atoms with Crippen LogP contribution in [0, 0.1) is 6.92 Å². The van der Waals surface area contributed by atoms with Crippen LogP contribution in [0.5, 0.6) is 5.75 Å². The molecule has 0 unspecified atom stereocenters. The predicted octanol–water partition coefficient (Wildman–Crippen LogP) is 2.10. The van der Waals surface area contributed by atoms with Gasteiger partial charge in [-0.3, -0.25) is 9.69 Å². The summed E-state index contributed by atoms with van der Waals surface area (Å²) >= 11 is 0. The summed E-state index contributed by atoms with van der Waals surface area (Å²) < 4.78 is 5.38. The van der Waals surface area contributed by atoms with Crippen LogP contribution in [-0.4, -0.2) is 86.0 Å². The fraction of sp³-hybridized carbons (Fsp3) is 0.652. The second-order valence-corrected chi connectivity index (χ2v) is 8.23. The number of guanidine groups is 1. The van der Waals surface area contributed by atoms with Crippen molar-refractivity contribution in [3.8, 4) is 5.75 Å². The zero-order chi connectivity index (χ0) is 21.3. The lowest BCUT2D eigenvalue weighted by Gasteiger charge is -2.37. The molecule has 7 nitrogen and oxygen atoms in total. The molecule has 1 aromatic carbocycles. The van der Waals surface area contributed by atoms with Crippen LogP contribution < -0.4 is 10.1 Å². The number of aryl methyl sites for hydroxylation is 1. The van der Waals surface area contributed by atoms with Crippen LogP contribution in [0.1, 0.15) is 37.3 Å². The lowest BCUT2D eigenvalue weighted by atomic mass is 10.1. The van der Waals surface area contributed by atoms with Gasteiger partial charge < -0.3 is 19.9 Å². The number of nitrogens with one attached hydrogen (secondary N) is 1. The first-order valence-electron chi connectivity index (χ1n) is 11.3. The maximum absolute atomic E-state index is 12.5. The molecule has 2 aliphatic heterocycles. The third-order valence-electron chi connectivity index (χ3n) is 5.83. The summed E-state index contributed by atoms with van der Waals surface area (Å²) in [4.78, 5) is 24.0. The highest BCUT2D eigenvalue weighted by Crippen LogP contribution is 2.17. The SMILES string of the molecule is CCNC(=NCc1cc(C)cc(OC)c1)N1CCN(CC(=O)N2CCCCC2)CC1. The molecule has 2 aliphatic rings. The Hall–Kier alpha value is -2.28. The molecule has 3 rings (SSSR count). The molecule has 0 radical (unpaired) electrons. The van der Waals surface area contributed by atoms with Gasteiger partial charge in [-0.1, -0.05) is 6.07 Å². The van der Waals surface area contributed by atoms with E-state index in [0.717, 1.165) is 75.9 Å². The number of benzene rings is 1. The molecule has 0 spiro atoms. The van der Waals surface area contributed by atoms with Crippen molar-refractivity contribution in [2.24, 2.45) is 4.99 Å². The van der Waals surface area contributed by atoms with E-state index in [1.165, 1.54) is 12.0 Å². The van der Waals surface area contributed by atoms with Crippen molar-refractivity contribution < 1.29 is 9.53 Å². The van der Waals surface area contributed by atoms with E-state index >= 15 is 0 Å². The zero-order valence-electron chi connectivity index (χ0n) is 18.8. The number of amides is 1. The van der Waals surface area contributed by atoms with Gasteiger partial charge in [-0.25, -0.2) is 4.99 Å². The second kappa shape index (κ2) is 11.2. The number of ether oxygens (including phenoxy) is 1. The molecule has 0 bridgehead atoms. The number of hydrogen-bond donors (Lipinski definition) is 1.